The molecular weight excluding hydrogens is 368 g/mol. The van der Waals surface area contributed by atoms with Crippen molar-refractivity contribution in [2.45, 2.75) is 20.4 Å². The smallest absolute Gasteiger partial charge is 0.272 e. The Kier molecular flexibility index (Phi) is 5.59. The second kappa shape index (κ2) is 7.89. The van der Waals surface area contributed by atoms with Gasteiger partial charge in [-0.25, -0.2) is 0 Å². The normalized spacial score (nSPS) is 12.2. The van der Waals surface area contributed by atoms with Crippen LogP contribution in [-0.4, -0.2) is 17.6 Å². The van der Waals surface area contributed by atoms with Crippen molar-refractivity contribution in [1.29, 1.82) is 0 Å². The van der Waals surface area contributed by atoms with E-state index in [1.165, 1.54) is 17.4 Å². The topological polar surface area (TPSA) is 43.6 Å². The Labute approximate surface area is 161 Å². The Bertz CT molecular complexity index is 1060. The molecule has 1 amide bonds. The van der Waals surface area contributed by atoms with Crippen molar-refractivity contribution in [1.82, 2.24) is 4.57 Å². The molecule has 0 fully saturated rings. The first-order valence-corrected chi connectivity index (χ1v) is 9.42. The van der Waals surface area contributed by atoms with E-state index < -0.39 is 0 Å². The molecule has 0 atom stereocenters. The number of aryl methyl sites for hydroxylation is 2. The highest BCUT2D eigenvalue weighted by Crippen LogP contribution is 2.30. The molecule has 0 N–H and O–H groups in total. The van der Waals surface area contributed by atoms with E-state index in [-0.39, 0.29) is 5.91 Å². The Morgan fingerprint density at radius 2 is 2.08 bits per heavy atom. The molecule has 3 aromatic rings. The van der Waals surface area contributed by atoms with Crippen LogP contribution in [0.15, 0.2) is 47.5 Å². The van der Waals surface area contributed by atoms with Crippen LogP contribution in [0.25, 0.3) is 16.3 Å². The summed E-state index contributed by atoms with van der Waals surface area (Å²) in [5, 5.41) is 0.599. The summed E-state index contributed by atoms with van der Waals surface area (Å²) in [6, 6.07) is 11.3. The van der Waals surface area contributed by atoms with Gasteiger partial charge in [-0.15, -0.1) is 0 Å². The summed E-state index contributed by atoms with van der Waals surface area (Å²) >= 11 is 7.60. The maximum atomic E-state index is 12.3. The Balaban J connectivity index is 2.06. The van der Waals surface area contributed by atoms with Crippen LogP contribution in [0.4, 0.5) is 0 Å². The van der Waals surface area contributed by atoms with E-state index in [9.17, 15) is 4.79 Å². The average Bonchev–Trinajstić information content (AvgIpc) is 3.00. The summed E-state index contributed by atoms with van der Waals surface area (Å²) in [7, 11) is 1.65. The number of methoxy groups -OCH3 is 1. The predicted octanol–water partition coefficient (Wildman–Crippen LogP) is 4.83. The minimum atomic E-state index is -0.324. The van der Waals surface area contributed by atoms with Crippen LogP contribution in [0.1, 0.15) is 18.1 Å². The molecule has 0 saturated carbocycles. The largest absolute Gasteiger partial charge is 0.495 e. The molecule has 3 rings (SSSR count). The summed E-state index contributed by atoms with van der Waals surface area (Å²) in [4.78, 5) is 17.3. The van der Waals surface area contributed by atoms with Crippen LogP contribution in [0.5, 0.6) is 5.75 Å². The van der Waals surface area contributed by atoms with Gasteiger partial charge in [0.25, 0.3) is 5.91 Å². The number of benzene rings is 2. The number of thiazole rings is 1. The van der Waals surface area contributed by atoms with E-state index in [1.54, 1.807) is 19.3 Å². The monoisotopic (exact) mass is 386 g/mol. The zero-order valence-electron chi connectivity index (χ0n) is 14.8. The van der Waals surface area contributed by atoms with E-state index in [2.05, 4.69) is 4.99 Å². The van der Waals surface area contributed by atoms with E-state index in [1.807, 2.05) is 48.7 Å². The van der Waals surface area contributed by atoms with Crippen LogP contribution >= 0.6 is 22.9 Å². The van der Waals surface area contributed by atoms with Crippen LogP contribution in [0.2, 0.25) is 5.02 Å². The highest BCUT2D eigenvalue weighted by molar-refractivity contribution is 7.16. The summed E-state index contributed by atoms with van der Waals surface area (Å²) in [6.07, 6.45) is 3.12. The third-order valence-electron chi connectivity index (χ3n) is 4.04. The van der Waals surface area contributed by atoms with Crippen molar-refractivity contribution in [2.24, 2.45) is 4.99 Å². The van der Waals surface area contributed by atoms with E-state index in [0.29, 0.717) is 16.4 Å². The average molecular weight is 387 g/mol. The van der Waals surface area contributed by atoms with Crippen LogP contribution < -0.4 is 9.54 Å². The molecule has 4 nitrogen and oxygen atoms in total. The molecule has 0 aliphatic heterocycles. The van der Waals surface area contributed by atoms with Crippen LogP contribution in [-0.2, 0) is 11.3 Å². The fourth-order valence-corrected chi connectivity index (χ4v) is 4.11. The fraction of sp³-hybridized carbons (Fsp3) is 0.200. The highest BCUT2D eigenvalue weighted by Gasteiger charge is 2.13. The van der Waals surface area contributed by atoms with Gasteiger partial charge < -0.3 is 9.30 Å². The van der Waals surface area contributed by atoms with Crippen molar-refractivity contribution in [3.63, 3.8) is 0 Å². The second-order valence-electron chi connectivity index (χ2n) is 5.70. The Morgan fingerprint density at radius 1 is 1.31 bits per heavy atom. The summed E-state index contributed by atoms with van der Waals surface area (Å²) in [5.74, 6) is 0.458. The summed E-state index contributed by atoms with van der Waals surface area (Å²) in [6.45, 7) is 4.76. The van der Waals surface area contributed by atoms with Crippen LogP contribution in [0.3, 0.4) is 0 Å². The number of halogens is 1. The number of nitrogens with zero attached hydrogens (tertiary/aromatic N) is 2. The van der Waals surface area contributed by atoms with E-state index >= 15 is 0 Å². The Hall–Kier alpha value is -2.37. The minimum Gasteiger partial charge on any atom is -0.495 e. The van der Waals surface area contributed by atoms with Gasteiger partial charge in [-0.2, -0.15) is 4.99 Å². The molecule has 0 aliphatic carbocycles. The number of carbonyl (C=O) groups is 1. The zero-order valence-corrected chi connectivity index (χ0v) is 16.4. The van der Waals surface area contributed by atoms with Gasteiger partial charge in [0.1, 0.15) is 11.3 Å². The first-order valence-electron chi connectivity index (χ1n) is 8.23. The molecule has 0 bridgehead atoms. The summed E-state index contributed by atoms with van der Waals surface area (Å²) < 4.78 is 8.58. The van der Waals surface area contributed by atoms with Crippen LogP contribution in [0, 0.1) is 6.92 Å². The molecular formula is C20H19ClN2O2S. The molecule has 0 unspecified atom stereocenters. The standard InChI is InChI=1S/C20H19ClN2O2S/c1-4-23-18-16(25-3)11-9-13(2)19(18)26-20(23)22-17(24)12-10-14-7-5-6-8-15(14)21/h5-12H,4H2,1-3H3/b12-10+,22-20?. The third kappa shape index (κ3) is 3.59. The van der Waals surface area contributed by atoms with Gasteiger partial charge in [0.15, 0.2) is 4.80 Å². The van der Waals surface area contributed by atoms with Gasteiger partial charge in [-0.1, -0.05) is 47.2 Å². The number of amides is 1. The molecule has 2 aromatic carbocycles. The molecule has 134 valence electrons. The molecule has 0 aliphatic rings. The molecule has 1 aromatic heterocycles. The van der Waals surface area contributed by atoms with Gasteiger partial charge in [0.05, 0.1) is 11.8 Å². The first kappa shape index (κ1) is 18.4. The van der Waals surface area contributed by atoms with Gasteiger partial charge in [0.2, 0.25) is 0 Å². The van der Waals surface area contributed by atoms with Crippen molar-refractivity contribution in [3.8, 4) is 5.75 Å². The zero-order chi connectivity index (χ0) is 18.7. The lowest BCUT2D eigenvalue weighted by Crippen LogP contribution is -2.15. The number of hydrogen-bond donors (Lipinski definition) is 0. The van der Waals surface area contributed by atoms with Crippen molar-refractivity contribution in [3.05, 3.63) is 63.4 Å². The van der Waals surface area contributed by atoms with Gasteiger partial charge >= 0.3 is 0 Å². The molecule has 6 heteroatoms. The van der Waals surface area contributed by atoms with Crippen molar-refractivity contribution < 1.29 is 9.53 Å². The molecule has 1 heterocycles. The van der Waals surface area contributed by atoms with Gasteiger partial charge in [-0.3, -0.25) is 4.79 Å². The molecule has 0 spiro atoms. The number of hydrogen-bond acceptors (Lipinski definition) is 3. The number of carbonyl (C=O) groups excluding carboxylic acids is 1. The van der Waals surface area contributed by atoms with Gasteiger partial charge in [-0.05, 0) is 43.2 Å². The number of aromatic nitrogens is 1. The third-order valence-corrected chi connectivity index (χ3v) is 5.60. The SMILES string of the molecule is CCn1c(=NC(=O)/C=C/c2ccccc2Cl)sc2c(C)ccc(OC)c21. The lowest BCUT2D eigenvalue weighted by Gasteiger charge is -2.07. The number of fused-ring (bicyclic) bond motifs is 1. The van der Waals surface area contributed by atoms with Gasteiger partial charge in [0, 0.05) is 17.6 Å². The number of ether oxygens (including phenoxy) is 1. The lowest BCUT2D eigenvalue weighted by atomic mass is 10.2. The van der Waals surface area contributed by atoms with E-state index in [0.717, 1.165) is 27.1 Å². The maximum absolute atomic E-state index is 12.3. The molecule has 0 saturated heterocycles. The maximum Gasteiger partial charge on any atom is 0.272 e. The second-order valence-corrected chi connectivity index (χ2v) is 7.08. The predicted molar refractivity (Wildman–Crippen MR) is 108 cm³/mol. The minimum absolute atomic E-state index is 0.324. The Morgan fingerprint density at radius 3 is 2.77 bits per heavy atom. The summed E-state index contributed by atoms with van der Waals surface area (Å²) in [5.41, 5.74) is 2.89. The lowest BCUT2D eigenvalue weighted by molar-refractivity contribution is -0.113. The molecule has 0 radical (unpaired) electrons. The quantitative estimate of drug-likeness (QED) is 0.602. The van der Waals surface area contributed by atoms with Crippen molar-refractivity contribution in [2.75, 3.05) is 7.11 Å². The van der Waals surface area contributed by atoms with E-state index in [4.69, 9.17) is 16.3 Å². The highest BCUT2D eigenvalue weighted by atomic mass is 35.5. The first-order chi connectivity index (χ1) is 12.5. The molecule has 26 heavy (non-hydrogen) atoms. The fourth-order valence-electron chi connectivity index (χ4n) is 2.72. The number of rotatable bonds is 4. The van der Waals surface area contributed by atoms with Crippen molar-refractivity contribution >= 4 is 45.1 Å².